The molecule has 0 saturated heterocycles. The molecular weight excluding hydrogens is 342 g/mol. The summed E-state index contributed by atoms with van der Waals surface area (Å²) in [5, 5.41) is 2.48. The summed E-state index contributed by atoms with van der Waals surface area (Å²) in [6.07, 6.45) is 2.01. The minimum atomic E-state index is 0.0569. The Balaban J connectivity index is 1.83. The van der Waals surface area contributed by atoms with Crippen molar-refractivity contribution >= 4 is 38.0 Å². The molecule has 0 radical (unpaired) electrons. The second kappa shape index (κ2) is 6.30. The molecule has 3 heteroatoms. The van der Waals surface area contributed by atoms with E-state index in [1.165, 1.54) is 26.1 Å². The second-order valence-corrected chi connectivity index (χ2v) is 7.45. The van der Waals surface area contributed by atoms with Gasteiger partial charge in [-0.15, -0.1) is 11.3 Å². The molecule has 1 atom stereocenters. The van der Waals surface area contributed by atoms with E-state index in [4.69, 9.17) is 5.73 Å². The monoisotopic (exact) mass is 359 g/mol. The Morgan fingerprint density at radius 3 is 2.48 bits per heavy atom. The van der Waals surface area contributed by atoms with Gasteiger partial charge in [0, 0.05) is 26.7 Å². The van der Waals surface area contributed by atoms with Gasteiger partial charge in [0.15, 0.2) is 0 Å². The largest absolute Gasteiger partial charge is 0.324 e. The summed E-state index contributed by atoms with van der Waals surface area (Å²) in [5.41, 5.74) is 7.60. The topological polar surface area (TPSA) is 26.0 Å². The minimum absolute atomic E-state index is 0.0569. The molecule has 0 aliphatic rings. The molecule has 0 fully saturated rings. The van der Waals surface area contributed by atoms with E-state index in [1.807, 2.05) is 11.3 Å². The molecule has 2 aromatic carbocycles. The zero-order valence-corrected chi connectivity index (χ0v) is 14.4. The van der Waals surface area contributed by atoms with Crippen LogP contribution in [-0.2, 0) is 12.8 Å². The Kier molecular flexibility index (Phi) is 4.43. The Morgan fingerprint density at radius 1 is 1.00 bits per heavy atom. The molecule has 3 aromatic rings. The van der Waals surface area contributed by atoms with Crippen LogP contribution in [-0.4, -0.2) is 0 Å². The highest BCUT2D eigenvalue weighted by Gasteiger charge is 2.09. The highest BCUT2D eigenvalue weighted by molar-refractivity contribution is 9.10. The number of nitrogens with two attached hydrogens (primary N) is 1. The third-order valence-electron chi connectivity index (χ3n) is 3.74. The Labute approximate surface area is 137 Å². The van der Waals surface area contributed by atoms with E-state index in [0.29, 0.717) is 0 Å². The molecule has 0 aliphatic carbocycles. The van der Waals surface area contributed by atoms with Gasteiger partial charge >= 0.3 is 0 Å². The van der Waals surface area contributed by atoms with Gasteiger partial charge in [-0.3, -0.25) is 0 Å². The van der Waals surface area contributed by atoms with Gasteiger partial charge in [0.1, 0.15) is 0 Å². The molecule has 1 nitrogen and oxygen atoms in total. The fourth-order valence-electron chi connectivity index (χ4n) is 2.52. The summed E-state index contributed by atoms with van der Waals surface area (Å²) < 4.78 is 1.11. The zero-order chi connectivity index (χ0) is 14.8. The van der Waals surface area contributed by atoms with E-state index in [-0.39, 0.29) is 6.04 Å². The van der Waals surface area contributed by atoms with Gasteiger partial charge < -0.3 is 5.73 Å². The summed E-state index contributed by atoms with van der Waals surface area (Å²) >= 11 is 5.39. The fraction of sp³-hybridized carbons (Fsp3) is 0.222. The van der Waals surface area contributed by atoms with Crippen LogP contribution in [0.15, 0.2) is 53.0 Å². The van der Waals surface area contributed by atoms with Crippen molar-refractivity contribution in [3.8, 4) is 0 Å². The van der Waals surface area contributed by atoms with Gasteiger partial charge in [-0.05, 0) is 53.1 Å². The van der Waals surface area contributed by atoms with Crippen LogP contribution in [0, 0.1) is 0 Å². The predicted octanol–water partition coefficient (Wildman–Crippen LogP) is 5.47. The van der Waals surface area contributed by atoms with E-state index in [1.54, 1.807) is 0 Å². The number of halogens is 1. The number of hydrogen-bond donors (Lipinski definition) is 1. The maximum absolute atomic E-state index is 6.40. The van der Waals surface area contributed by atoms with Crippen LogP contribution < -0.4 is 5.73 Å². The first-order valence-electron chi connectivity index (χ1n) is 7.18. The Hall–Kier alpha value is -1.16. The summed E-state index contributed by atoms with van der Waals surface area (Å²) in [4.78, 5) is 2.80. The van der Waals surface area contributed by atoms with Gasteiger partial charge in [0.25, 0.3) is 0 Å². The number of rotatable bonds is 4. The molecule has 0 saturated carbocycles. The van der Waals surface area contributed by atoms with Crippen molar-refractivity contribution in [1.82, 2.24) is 0 Å². The average molecular weight is 360 g/mol. The zero-order valence-electron chi connectivity index (χ0n) is 12.0. The lowest BCUT2D eigenvalue weighted by Gasteiger charge is -2.12. The predicted molar refractivity (Wildman–Crippen MR) is 96.0 cm³/mol. The van der Waals surface area contributed by atoms with Crippen LogP contribution in [0.5, 0.6) is 0 Å². The van der Waals surface area contributed by atoms with E-state index >= 15 is 0 Å². The number of hydrogen-bond acceptors (Lipinski definition) is 2. The number of aryl methyl sites for hydroxylation is 1. The first-order valence-corrected chi connectivity index (χ1v) is 8.79. The Morgan fingerprint density at radius 2 is 1.71 bits per heavy atom. The highest BCUT2D eigenvalue weighted by atomic mass is 79.9. The summed E-state index contributed by atoms with van der Waals surface area (Å²) in [5.74, 6) is 0. The number of benzene rings is 2. The molecular formula is C18H18BrNS. The van der Waals surface area contributed by atoms with Crippen LogP contribution in [0.1, 0.15) is 28.3 Å². The van der Waals surface area contributed by atoms with E-state index in [9.17, 15) is 0 Å². The second-order valence-electron chi connectivity index (χ2n) is 5.28. The third kappa shape index (κ3) is 3.37. The van der Waals surface area contributed by atoms with E-state index < -0.39 is 0 Å². The van der Waals surface area contributed by atoms with Crippen LogP contribution in [0.2, 0.25) is 0 Å². The highest BCUT2D eigenvalue weighted by Crippen LogP contribution is 2.26. The molecule has 1 unspecified atom stereocenters. The van der Waals surface area contributed by atoms with Gasteiger partial charge in [-0.25, -0.2) is 0 Å². The quantitative estimate of drug-likeness (QED) is 0.656. The molecule has 108 valence electrons. The lowest BCUT2D eigenvalue weighted by atomic mass is 10.00. The fourth-order valence-corrected chi connectivity index (χ4v) is 3.92. The van der Waals surface area contributed by atoms with Crippen molar-refractivity contribution in [2.24, 2.45) is 5.73 Å². The normalized spacial score (nSPS) is 12.7. The summed E-state index contributed by atoms with van der Waals surface area (Å²) in [6.45, 7) is 2.19. The molecule has 0 spiro atoms. The molecule has 2 N–H and O–H groups in total. The maximum Gasteiger partial charge on any atom is 0.0343 e. The first-order chi connectivity index (χ1) is 10.2. The van der Waals surface area contributed by atoms with Crippen LogP contribution in [0.3, 0.4) is 0 Å². The number of fused-ring (bicyclic) bond motifs is 1. The van der Waals surface area contributed by atoms with Crippen molar-refractivity contribution in [2.75, 3.05) is 0 Å². The summed E-state index contributed by atoms with van der Waals surface area (Å²) in [6, 6.07) is 17.3. The Bertz CT molecular complexity index is 763. The smallest absolute Gasteiger partial charge is 0.0343 e. The van der Waals surface area contributed by atoms with E-state index in [0.717, 1.165) is 17.3 Å². The molecule has 0 amide bonds. The molecule has 0 bridgehead atoms. The lowest BCUT2D eigenvalue weighted by molar-refractivity contribution is 0.731. The molecule has 1 heterocycles. The maximum atomic E-state index is 6.40. The SMILES string of the molecule is CCc1ccc(CC(N)c2ccc3cc(Br)ccc3c2)s1. The molecule has 3 rings (SSSR count). The molecule has 0 aliphatic heterocycles. The minimum Gasteiger partial charge on any atom is -0.324 e. The molecule has 1 aromatic heterocycles. The lowest BCUT2D eigenvalue weighted by Crippen LogP contribution is -2.12. The molecule has 21 heavy (non-hydrogen) atoms. The van der Waals surface area contributed by atoms with E-state index in [2.05, 4.69) is 71.4 Å². The first kappa shape index (κ1) is 14.8. The standard InChI is InChI=1S/C18H18BrNS/c1-2-16-7-8-17(21-16)11-18(20)14-4-3-13-10-15(19)6-5-12(13)9-14/h3-10,18H,2,11,20H2,1H3. The van der Waals surface area contributed by atoms with Gasteiger partial charge in [-0.2, -0.15) is 0 Å². The van der Waals surface area contributed by atoms with Crippen molar-refractivity contribution in [2.45, 2.75) is 25.8 Å². The van der Waals surface area contributed by atoms with Gasteiger partial charge in [0.05, 0.1) is 0 Å². The van der Waals surface area contributed by atoms with Crippen LogP contribution in [0.4, 0.5) is 0 Å². The summed E-state index contributed by atoms with van der Waals surface area (Å²) in [7, 11) is 0. The number of thiophene rings is 1. The van der Waals surface area contributed by atoms with Crippen molar-refractivity contribution in [1.29, 1.82) is 0 Å². The van der Waals surface area contributed by atoms with Crippen molar-refractivity contribution in [3.63, 3.8) is 0 Å². The van der Waals surface area contributed by atoms with Crippen molar-refractivity contribution < 1.29 is 0 Å². The third-order valence-corrected chi connectivity index (χ3v) is 5.49. The van der Waals surface area contributed by atoms with Gasteiger partial charge in [0.2, 0.25) is 0 Å². The van der Waals surface area contributed by atoms with Gasteiger partial charge in [-0.1, -0.05) is 41.1 Å². The average Bonchev–Trinajstić information content (AvgIpc) is 2.94. The van der Waals surface area contributed by atoms with Crippen LogP contribution in [0.25, 0.3) is 10.8 Å². The van der Waals surface area contributed by atoms with Crippen LogP contribution >= 0.6 is 27.3 Å². The van der Waals surface area contributed by atoms with Crippen molar-refractivity contribution in [3.05, 3.63) is 68.3 Å².